The van der Waals surface area contributed by atoms with Crippen LogP contribution in [0, 0.1) is 0 Å². The number of hydrogen-bond donors (Lipinski definition) is 2. The van der Waals surface area contributed by atoms with Gasteiger partial charge in [0.25, 0.3) is 0 Å². The molecule has 0 radical (unpaired) electrons. The number of piperazine rings is 1. The van der Waals surface area contributed by atoms with E-state index in [0.29, 0.717) is 12.1 Å². The molecule has 0 aromatic rings. The number of nitrogens with one attached hydrogen (secondary N) is 1. The number of hydrogen-bond acceptors (Lipinski definition) is 4. The second-order valence-corrected chi connectivity index (χ2v) is 5.08. The van der Waals surface area contributed by atoms with Crippen LogP contribution in [0.25, 0.3) is 0 Å². The highest BCUT2D eigenvalue weighted by Crippen LogP contribution is 2.13. The Morgan fingerprint density at radius 2 is 1.88 bits per heavy atom. The van der Waals surface area contributed by atoms with Crippen LogP contribution in [0.1, 0.15) is 20.3 Å². The molecule has 1 heterocycles. The summed E-state index contributed by atoms with van der Waals surface area (Å²) in [6.45, 7) is 8.16. The maximum atomic E-state index is 9.11. The number of likely N-dealkylation sites (N-methyl/N-ethyl adjacent to an activating group) is 2. The van der Waals surface area contributed by atoms with E-state index in [0.717, 1.165) is 26.1 Å². The maximum absolute atomic E-state index is 9.11. The summed E-state index contributed by atoms with van der Waals surface area (Å²) < 4.78 is 0. The molecule has 1 aliphatic rings. The van der Waals surface area contributed by atoms with Crippen molar-refractivity contribution in [1.29, 1.82) is 0 Å². The SMILES string of the molecule is CNC(CO)CCN1CC(C)N(C)C(C)C1. The van der Waals surface area contributed by atoms with Crippen LogP contribution in [0.2, 0.25) is 0 Å². The molecule has 0 bridgehead atoms. The van der Waals surface area contributed by atoms with Crippen LogP contribution >= 0.6 is 0 Å². The molecule has 0 saturated carbocycles. The van der Waals surface area contributed by atoms with Crippen molar-refractivity contribution >= 4 is 0 Å². The number of rotatable bonds is 5. The second kappa shape index (κ2) is 6.55. The van der Waals surface area contributed by atoms with E-state index in [-0.39, 0.29) is 12.6 Å². The normalized spacial score (nSPS) is 30.6. The Morgan fingerprint density at radius 3 is 2.31 bits per heavy atom. The molecule has 0 aromatic carbocycles. The van der Waals surface area contributed by atoms with E-state index in [2.05, 4.69) is 36.0 Å². The Kier molecular flexibility index (Phi) is 5.69. The molecule has 1 fully saturated rings. The Balaban J connectivity index is 2.33. The minimum atomic E-state index is 0.231. The van der Waals surface area contributed by atoms with Gasteiger partial charge < -0.3 is 15.3 Å². The highest BCUT2D eigenvalue weighted by molar-refractivity contribution is 4.83. The first-order valence-electron chi connectivity index (χ1n) is 6.30. The fraction of sp³-hybridized carbons (Fsp3) is 1.00. The summed E-state index contributed by atoms with van der Waals surface area (Å²) in [6, 6.07) is 1.50. The van der Waals surface area contributed by atoms with Crippen molar-refractivity contribution in [3.05, 3.63) is 0 Å². The van der Waals surface area contributed by atoms with E-state index >= 15 is 0 Å². The predicted molar refractivity (Wildman–Crippen MR) is 67.7 cm³/mol. The average Bonchev–Trinajstić information content (AvgIpc) is 2.27. The van der Waals surface area contributed by atoms with Crippen LogP contribution in [0.3, 0.4) is 0 Å². The summed E-state index contributed by atoms with van der Waals surface area (Å²) in [5, 5.41) is 12.2. The average molecular weight is 229 g/mol. The molecular formula is C12H27N3O. The van der Waals surface area contributed by atoms with Gasteiger partial charge in [-0.05, 0) is 40.9 Å². The lowest BCUT2D eigenvalue weighted by Crippen LogP contribution is -2.55. The zero-order valence-corrected chi connectivity index (χ0v) is 11.1. The lowest BCUT2D eigenvalue weighted by atomic mass is 10.1. The van der Waals surface area contributed by atoms with Gasteiger partial charge in [-0.25, -0.2) is 0 Å². The van der Waals surface area contributed by atoms with Gasteiger partial charge >= 0.3 is 0 Å². The zero-order chi connectivity index (χ0) is 12.1. The largest absolute Gasteiger partial charge is 0.395 e. The maximum Gasteiger partial charge on any atom is 0.0585 e. The molecule has 0 amide bonds. The van der Waals surface area contributed by atoms with Crippen LogP contribution in [0.5, 0.6) is 0 Å². The molecule has 0 aliphatic carbocycles. The molecule has 3 unspecified atom stereocenters. The van der Waals surface area contributed by atoms with Crippen molar-refractivity contribution in [2.24, 2.45) is 0 Å². The molecule has 0 spiro atoms. The summed E-state index contributed by atoms with van der Waals surface area (Å²) in [5.74, 6) is 0. The zero-order valence-electron chi connectivity index (χ0n) is 11.1. The first-order valence-corrected chi connectivity index (χ1v) is 6.30. The summed E-state index contributed by atoms with van der Waals surface area (Å²) in [5.41, 5.74) is 0. The highest BCUT2D eigenvalue weighted by atomic mass is 16.3. The smallest absolute Gasteiger partial charge is 0.0585 e. The number of aliphatic hydroxyl groups excluding tert-OH is 1. The topological polar surface area (TPSA) is 38.7 Å². The van der Waals surface area contributed by atoms with E-state index in [4.69, 9.17) is 5.11 Å². The van der Waals surface area contributed by atoms with Crippen molar-refractivity contribution in [3.63, 3.8) is 0 Å². The van der Waals surface area contributed by atoms with Crippen LogP contribution in [-0.2, 0) is 0 Å². The molecule has 4 heteroatoms. The molecule has 16 heavy (non-hydrogen) atoms. The molecular weight excluding hydrogens is 202 g/mol. The van der Waals surface area contributed by atoms with E-state index in [1.165, 1.54) is 0 Å². The van der Waals surface area contributed by atoms with Gasteiger partial charge in [-0.3, -0.25) is 4.90 Å². The summed E-state index contributed by atoms with van der Waals surface area (Å²) >= 11 is 0. The molecule has 96 valence electrons. The van der Waals surface area contributed by atoms with Crippen LogP contribution in [0.15, 0.2) is 0 Å². The van der Waals surface area contributed by atoms with Crippen LogP contribution in [-0.4, -0.2) is 73.4 Å². The van der Waals surface area contributed by atoms with Gasteiger partial charge in [-0.2, -0.15) is 0 Å². The predicted octanol–water partition coefficient (Wildman–Crippen LogP) is -0.0188. The Bertz CT molecular complexity index is 185. The number of aliphatic hydroxyl groups is 1. The Morgan fingerprint density at radius 1 is 1.31 bits per heavy atom. The van der Waals surface area contributed by atoms with E-state index < -0.39 is 0 Å². The van der Waals surface area contributed by atoms with Crippen molar-refractivity contribution in [2.75, 3.05) is 40.3 Å². The molecule has 2 N–H and O–H groups in total. The quantitative estimate of drug-likeness (QED) is 0.695. The first-order chi connectivity index (χ1) is 7.58. The fourth-order valence-electron chi connectivity index (χ4n) is 2.36. The third-order valence-corrected chi connectivity index (χ3v) is 3.86. The van der Waals surface area contributed by atoms with E-state index in [1.54, 1.807) is 0 Å². The Hall–Kier alpha value is -0.160. The molecule has 1 rings (SSSR count). The van der Waals surface area contributed by atoms with Crippen LogP contribution < -0.4 is 5.32 Å². The lowest BCUT2D eigenvalue weighted by molar-refractivity contribution is 0.0564. The fourth-order valence-corrected chi connectivity index (χ4v) is 2.36. The van der Waals surface area contributed by atoms with Gasteiger partial charge in [0.05, 0.1) is 6.61 Å². The van der Waals surface area contributed by atoms with Crippen LogP contribution in [0.4, 0.5) is 0 Å². The first kappa shape index (κ1) is 13.9. The van der Waals surface area contributed by atoms with Crippen molar-refractivity contribution in [2.45, 2.75) is 38.4 Å². The summed E-state index contributed by atoms with van der Waals surface area (Å²) in [4.78, 5) is 4.95. The lowest BCUT2D eigenvalue weighted by Gasteiger charge is -2.42. The highest BCUT2D eigenvalue weighted by Gasteiger charge is 2.26. The van der Waals surface area contributed by atoms with Crippen molar-refractivity contribution < 1.29 is 5.11 Å². The van der Waals surface area contributed by atoms with Crippen molar-refractivity contribution in [3.8, 4) is 0 Å². The molecule has 3 atom stereocenters. The van der Waals surface area contributed by atoms with Gasteiger partial charge in [-0.15, -0.1) is 0 Å². The Labute approximate surface area is 99.6 Å². The van der Waals surface area contributed by atoms with Crippen molar-refractivity contribution in [1.82, 2.24) is 15.1 Å². The molecule has 1 saturated heterocycles. The second-order valence-electron chi connectivity index (χ2n) is 5.08. The van der Waals surface area contributed by atoms with Gasteiger partial charge in [0.1, 0.15) is 0 Å². The summed E-state index contributed by atoms with van der Waals surface area (Å²) in [7, 11) is 4.12. The molecule has 4 nitrogen and oxygen atoms in total. The number of nitrogens with zero attached hydrogens (tertiary/aromatic N) is 2. The monoisotopic (exact) mass is 229 g/mol. The molecule has 0 aromatic heterocycles. The third kappa shape index (κ3) is 3.70. The minimum Gasteiger partial charge on any atom is -0.395 e. The van der Waals surface area contributed by atoms with Gasteiger partial charge in [0, 0.05) is 31.2 Å². The standard InChI is InChI=1S/C12H27N3O/c1-10-7-15(8-11(2)14(10)4)6-5-12(9-16)13-3/h10-13,16H,5-9H2,1-4H3. The van der Waals surface area contributed by atoms with Gasteiger partial charge in [0.15, 0.2) is 0 Å². The molecule has 1 aliphatic heterocycles. The third-order valence-electron chi connectivity index (χ3n) is 3.86. The van der Waals surface area contributed by atoms with Gasteiger partial charge in [-0.1, -0.05) is 0 Å². The minimum absolute atomic E-state index is 0.231. The summed E-state index contributed by atoms with van der Waals surface area (Å²) in [6.07, 6.45) is 1.02. The van der Waals surface area contributed by atoms with Gasteiger partial charge in [0.2, 0.25) is 0 Å². The van der Waals surface area contributed by atoms with E-state index in [9.17, 15) is 0 Å². The van der Waals surface area contributed by atoms with E-state index in [1.807, 2.05) is 7.05 Å².